The van der Waals surface area contributed by atoms with Gasteiger partial charge in [0, 0.05) is 30.0 Å². The van der Waals surface area contributed by atoms with Gasteiger partial charge < -0.3 is 30.5 Å². The molecule has 0 saturated carbocycles. The molecule has 0 aliphatic carbocycles. The molecule has 2 aliphatic heterocycles. The predicted octanol–water partition coefficient (Wildman–Crippen LogP) is 3.82. The molecule has 41 heavy (non-hydrogen) atoms. The molecule has 1 unspecified atom stereocenters. The first-order chi connectivity index (χ1) is 19.7. The Balaban J connectivity index is 1.23. The van der Waals surface area contributed by atoms with E-state index in [1.807, 2.05) is 0 Å². The number of methoxy groups -OCH3 is 1. The van der Waals surface area contributed by atoms with Gasteiger partial charge in [0.05, 0.1) is 39.7 Å². The normalized spacial score (nSPS) is 16.8. The predicted molar refractivity (Wildman–Crippen MR) is 156 cm³/mol. The van der Waals surface area contributed by atoms with Crippen LogP contribution < -0.4 is 15.4 Å². The van der Waals surface area contributed by atoms with E-state index in [1.54, 1.807) is 30.3 Å². The highest BCUT2D eigenvalue weighted by atomic mass is 35.5. The molecule has 2 aliphatic rings. The molecule has 11 nitrogen and oxygen atoms in total. The minimum absolute atomic E-state index is 0.141. The maximum atomic E-state index is 13.2. The lowest BCUT2D eigenvalue weighted by Crippen LogP contribution is -2.40. The van der Waals surface area contributed by atoms with Crippen LogP contribution in [0, 0.1) is 5.92 Å². The fourth-order valence-electron chi connectivity index (χ4n) is 4.92. The first-order valence-corrected chi connectivity index (χ1v) is 14.3. The van der Waals surface area contributed by atoms with E-state index in [2.05, 4.69) is 25.5 Å². The molecule has 0 radical (unpaired) electrons. The summed E-state index contributed by atoms with van der Waals surface area (Å²) in [5.74, 6) is -0.519. The van der Waals surface area contributed by atoms with E-state index in [1.165, 1.54) is 24.9 Å². The lowest BCUT2D eigenvalue weighted by molar-refractivity contribution is -0.131. The molecule has 1 atom stereocenters. The maximum Gasteiger partial charge on any atom is 0.328 e. The van der Waals surface area contributed by atoms with Crippen LogP contribution in [-0.4, -0.2) is 75.4 Å². The zero-order valence-electron chi connectivity index (χ0n) is 22.1. The molecule has 5 rings (SSSR count). The van der Waals surface area contributed by atoms with Crippen molar-refractivity contribution in [1.29, 1.82) is 0 Å². The summed E-state index contributed by atoms with van der Waals surface area (Å²) >= 11 is 7.74. The molecule has 0 spiro atoms. The number of rotatable bonds is 8. The number of aliphatic hydroxyl groups is 1. The number of fused-ring (bicyclic) bond motifs is 2. The Morgan fingerprint density at radius 1 is 1.27 bits per heavy atom. The SMILES string of the molecule is COc1ccc2c(/C=C/C(=O)O)ccc(NC(=O)C3CCN(CC(O)c4nc5c(cc4Cl)SCC(=O)N5)CC3)c2n1. The lowest BCUT2D eigenvalue weighted by atomic mass is 9.95. The largest absolute Gasteiger partial charge is 0.481 e. The number of likely N-dealkylation sites (tertiary alicyclic amines) is 1. The Bertz CT molecular complexity index is 1540. The van der Waals surface area contributed by atoms with E-state index in [4.69, 9.17) is 21.4 Å². The molecule has 214 valence electrons. The summed E-state index contributed by atoms with van der Waals surface area (Å²) in [5.41, 5.74) is 1.96. The molecule has 4 N–H and O–H groups in total. The highest BCUT2D eigenvalue weighted by Gasteiger charge is 2.29. The summed E-state index contributed by atoms with van der Waals surface area (Å²) < 4.78 is 5.26. The number of hydrogen-bond donors (Lipinski definition) is 4. The fourth-order valence-corrected chi connectivity index (χ4v) is 6.05. The number of β-amino-alcohol motifs (C(OH)–C–C–N with tert-alkyl or cyclic N) is 1. The number of carbonyl (C=O) groups excluding carboxylic acids is 2. The van der Waals surface area contributed by atoms with Crippen LogP contribution in [0.3, 0.4) is 0 Å². The first kappa shape index (κ1) is 28.8. The summed E-state index contributed by atoms with van der Waals surface area (Å²) in [6, 6.07) is 8.61. The van der Waals surface area contributed by atoms with Gasteiger partial charge >= 0.3 is 5.97 Å². The Morgan fingerprint density at radius 3 is 2.78 bits per heavy atom. The molecule has 2 amide bonds. The second kappa shape index (κ2) is 12.4. The third kappa shape index (κ3) is 6.62. The number of anilines is 2. The molecular weight excluding hydrogens is 570 g/mol. The second-order valence-electron chi connectivity index (χ2n) is 9.74. The smallest absolute Gasteiger partial charge is 0.328 e. The van der Waals surface area contributed by atoms with Crippen LogP contribution in [0.15, 0.2) is 41.3 Å². The lowest BCUT2D eigenvalue weighted by Gasteiger charge is -2.32. The van der Waals surface area contributed by atoms with Gasteiger partial charge in [0.15, 0.2) is 0 Å². The summed E-state index contributed by atoms with van der Waals surface area (Å²) in [5, 5.41) is 26.6. The number of aromatic nitrogens is 2. The van der Waals surface area contributed by atoms with E-state index >= 15 is 0 Å². The van der Waals surface area contributed by atoms with Gasteiger partial charge in [-0.1, -0.05) is 17.7 Å². The number of aliphatic hydroxyl groups excluding tert-OH is 1. The molecule has 1 fully saturated rings. The van der Waals surface area contributed by atoms with Crippen LogP contribution in [0.4, 0.5) is 11.5 Å². The number of carboxylic acids is 1. The van der Waals surface area contributed by atoms with Gasteiger partial charge in [-0.05, 0) is 55.8 Å². The van der Waals surface area contributed by atoms with E-state index in [0.717, 1.165) is 11.0 Å². The first-order valence-electron chi connectivity index (χ1n) is 12.9. The van der Waals surface area contributed by atoms with E-state index < -0.39 is 12.1 Å². The van der Waals surface area contributed by atoms with Crippen molar-refractivity contribution in [3.8, 4) is 5.88 Å². The average Bonchev–Trinajstić information content (AvgIpc) is 2.96. The molecule has 2 aromatic heterocycles. The van der Waals surface area contributed by atoms with Gasteiger partial charge in [-0.3, -0.25) is 9.59 Å². The van der Waals surface area contributed by atoms with Crippen LogP contribution in [0.25, 0.3) is 17.0 Å². The summed E-state index contributed by atoms with van der Waals surface area (Å²) in [7, 11) is 1.50. The highest BCUT2D eigenvalue weighted by molar-refractivity contribution is 8.00. The Hall–Kier alpha value is -3.71. The molecule has 3 aromatic rings. The summed E-state index contributed by atoms with van der Waals surface area (Å²) in [6.07, 6.45) is 2.75. The zero-order valence-corrected chi connectivity index (χ0v) is 23.7. The molecule has 0 bridgehead atoms. The number of nitrogens with one attached hydrogen (secondary N) is 2. The third-order valence-corrected chi connectivity index (χ3v) is 8.36. The minimum atomic E-state index is -1.06. The Labute approximate surface area is 244 Å². The highest BCUT2D eigenvalue weighted by Crippen LogP contribution is 2.36. The van der Waals surface area contributed by atoms with Crippen molar-refractivity contribution >= 4 is 69.6 Å². The summed E-state index contributed by atoms with van der Waals surface area (Å²) in [6.45, 7) is 1.48. The number of carbonyl (C=O) groups is 3. The van der Waals surface area contributed by atoms with Crippen molar-refractivity contribution in [2.75, 3.05) is 43.1 Å². The quantitative estimate of drug-likeness (QED) is 0.282. The van der Waals surface area contributed by atoms with E-state index in [9.17, 15) is 19.5 Å². The maximum absolute atomic E-state index is 13.2. The number of halogens is 1. The zero-order chi connectivity index (χ0) is 29.1. The number of carboxylic acid groups (broad SMARTS) is 1. The van der Waals surface area contributed by atoms with E-state index in [-0.39, 0.29) is 17.7 Å². The number of hydrogen-bond acceptors (Lipinski definition) is 9. The van der Waals surface area contributed by atoms with Crippen molar-refractivity contribution in [3.63, 3.8) is 0 Å². The molecular formula is C28H28ClN5O6S. The van der Waals surface area contributed by atoms with Crippen LogP contribution in [0.5, 0.6) is 5.88 Å². The van der Waals surface area contributed by atoms with Crippen molar-refractivity contribution in [2.24, 2.45) is 5.92 Å². The number of pyridine rings is 2. The van der Waals surface area contributed by atoms with Gasteiger partial charge in [-0.2, -0.15) is 0 Å². The molecule has 1 saturated heterocycles. The van der Waals surface area contributed by atoms with Crippen molar-refractivity contribution in [2.45, 2.75) is 23.8 Å². The van der Waals surface area contributed by atoms with Gasteiger partial charge in [0.1, 0.15) is 11.9 Å². The number of thioether (sulfide) groups is 1. The van der Waals surface area contributed by atoms with Crippen molar-refractivity contribution in [3.05, 3.63) is 52.7 Å². The van der Waals surface area contributed by atoms with Gasteiger partial charge in [-0.25, -0.2) is 14.8 Å². The topological polar surface area (TPSA) is 154 Å². The number of piperidine rings is 1. The number of nitrogens with zero attached hydrogens (tertiary/aromatic N) is 3. The number of benzene rings is 1. The average molecular weight is 598 g/mol. The second-order valence-corrected chi connectivity index (χ2v) is 11.2. The van der Waals surface area contributed by atoms with Gasteiger partial charge in [0.25, 0.3) is 0 Å². The van der Waals surface area contributed by atoms with Gasteiger partial charge in [-0.15, -0.1) is 11.8 Å². The molecule has 4 heterocycles. The third-order valence-electron chi connectivity index (χ3n) is 7.03. The van der Waals surface area contributed by atoms with Crippen molar-refractivity contribution < 1.29 is 29.3 Å². The molecule has 1 aromatic carbocycles. The standard InChI is InChI=1S/C28H28ClN5O6S/c1-40-23-6-4-17-15(3-7-24(37)38)2-5-19(25(17)32-23)30-28(39)16-8-10-34(11-9-16)13-20(35)26-18(29)12-21-27(33-26)31-22(36)14-41-21/h2-7,12,16,20,35H,8-11,13-14H2,1H3,(H,30,39)(H,37,38)(H,31,33,36)/b7-3+. The van der Waals surface area contributed by atoms with Crippen molar-refractivity contribution in [1.82, 2.24) is 14.9 Å². The Morgan fingerprint density at radius 2 is 2.05 bits per heavy atom. The number of aliphatic carboxylic acids is 1. The van der Waals surface area contributed by atoms with Crippen LogP contribution in [0.1, 0.15) is 30.2 Å². The minimum Gasteiger partial charge on any atom is -0.481 e. The van der Waals surface area contributed by atoms with E-state index in [0.29, 0.717) is 82.8 Å². The van der Waals surface area contributed by atoms with Crippen LogP contribution in [0.2, 0.25) is 5.02 Å². The fraction of sp³-hybridized carbons (Fsp3) is 0.321. The number of ether oxygens (including phenoxy) is 1. The monoisotopic (exact) mass is 597 g/mol. The summed E-state index contributed by atoms with van der Waals surface area (Å²) in [4.78, 5) is 47.7. The number of amides is 2. The van der Waals surface area contributed by atoms with Crippen LogP contribution in [-0.2, 0) is 14.4 Å². The van der Waals surface area contributed by atoms with Gasteiger partial charge in [0.2, 0.25) is 17.7 Å². The molecule has 13 heteroatoms. The Kier molecular flexibility index (Phi) is 8.74. The van der Waals surface area contributed by atoms with Crippen LogP contribution >= 0.6 is 23.4 Å².